The van der Waals surface area contributed by atoms with Crippen LogP contribution in [-0.4, -0.2) is 9.97 Å². The lowest BCUT2D eigenvalue weighted by Crippen LogP contribution is -1.92. The number of hydrogen-bond acceptors (Lipinski definition) is 2. The van der Waals surface area contributed by atoms with Crippen LogP contribution in [0.15, 0.2) is 170 Å². The molecule has 0 bridgehead atoms. The maximum Gasteiger partial charge on any atom is 0.0886 e. The van der Waals surface area contributed by atoms with E-state index in [4.69, 9.17) is 4.98 Å². The molecule has 0 aliphatic heterocycles. The Morgan fingerprint density at radius 1 is 0.295 bits per heavy atom. The molecule has 6 aromatic carbocycles. The molecule has 0 atom stereocenters. The highest BCUT2D eigenvalue weighted by Crippen LogP contribution is 2.44. The van der Waals surface area contributed by atoms with Crippen molar-refractivity contribution in [1.29, 1.82) is 0 Å². The number of pyridine rings is 2. The molecule has 0 unspecified atom stereocenters. The topological polar surface area (TPSA) is 25.8 Å². The van der Waals surface area contributed by atoms with E-state index >= 15 is 0 Å². The van der Waals surface area contributed by atoms with Crippen LogP contribution < -0.4 is 0 Å². The van der Waals surface area contributed by atoms with Crippen LogP contribution in [0.4, 0.5) is 0 Å². The molecule has 8 aromatic rings. The maximum atomic E-state index is 4.72. The molecule has 2 aromatic heterocycles. The molecular weight excluding hydrogens is 532 g/mol. The number of rotatable bonds is 5. The van der Waals surface area contributed by atoms with Crippen molar-refractivity contribution in [1.82, 2.24) is 9.97 Å². The summed E-state index contributed by atoms with van der Waals surface area (Å²) in [5.41, 5.74) is 11.3. The predicted octanol–water partition coefficient (Wildman–Crippen LogP) is 11.1. The van der Waals surface area contributed by atoms with Gasteiger partial charge in [-0.15, -0.1) is 0 Å². The van der Waals surface area contributed by atoms with E-state index in [2.05, 4.69) is 138 Å². The fourth-order valence-electron chi connectivity index (χ4n) is 6.30. The highest BCUT2D eigenvalue weighted by Gasteiger charge is 2.17. The number of aromatic nitrogens is 2. The van der Waals surface area contributed by atoms with E-state index in [9.17, 15) is 0 Å². The summed E-state index contributed by atoms with van der Waals surface area (Å²) in [6.45, 7) is 0. The van der Waals surface area contributed by atoms with E-state index in [0.717, 1.165) is 22.5 Å². The van der Waals surface area contributed by atoms with Gasteiger partial charge in [0.15, 0.2) is 0 Å². The first-order valence-corrected chi connectivity index (χ1v) is 14.9. The molecule has 206 valence electrons. The minimum absolute atomic E-state index is 0.870. The van der Waals surface area contributed by atoms with E-state index in [1.165, 1.54) is 54.9 Å². The van der Waals surface area contributed by atoms with E-state index in [0.29, 0.717) is 0 Å². The Kier molecular flexibility index (Phi) is 6.51. The molecule has 8 rings (SSSR count). The van der Waals surface area contributed by atoms with Crippen LogP contribution in [0.3, 0.4) is 0 Å². The molecule has 0 amide bonds. The summed E-state index contributed by atoms with van der Waals surface area (Å²) >= 11 is 0. The molecule has 44 heavy (non-hydrogen) atoms. The summed E-state index contributed by atoms with van der Waals surface area (Å²) in [4.78, 5) is 9.16. The zero-order valence-corrected chi connectivity index (χ0v) is 24.1. The van der Waals surface area contributed by atoms with Gasteiger partial charge < -0.3 is 0 Å². The monoisotopic (exact) mass is 560 g/mol. The minimum Gasteiger partial charge on any atom is -0.255 e. The fraction of sp³-hybridized carbons (Fsp3) is 0. The first kappa shape index (κ1) is 25.8. The molecule has 0 saturated heterocycles. The molecule has 0 saturated carbocycles. The zero-order chi connectivity index (χ0) is 29.3. The Balaban J connectivity index is 1.31. The van der Waals surface area contributed by atoms with Crippen LogP contribution in [0.25, 0.3) is 77.4 Å². The smallest absolute Gasteiger partial charge is 0.0886 e. The predicted molar refractivity (Wildman–Crippen MR) is 184 cm³/mol. The molecule has 0 aliphatic carbocycles. The molecule has 0 N–H and O–H groups in total. The normalized spacial score (nSPS) is 11.2. The van der Waals surface area contributed by atoms with Gasteiger partial charge in [0.1, 0.15) is 0 Å². The Bertz CT molecular complexity index is 2240. The molecular formula is C42H28N2. The van der Waals surface area contributed by atoms with Gasteiger partial charge in [0.2, 0.25) is 0 Å². The van der Waals surface area contributed by atoms with E-state index in [1.807, 2.05) is 30.5 Å². The van der Waals surface area contributed by atoms with Crippen molar-refractivity contribution in [3.63, 3.8) is 0 Å². The fourth-order valence-corrected chi connectivity index (χ4v) is 6.30. The average Bonchev–Trinajstić information content (AvgIpc) is 3.11. The molecule has 0 fully saturated rings. The van der Waals surface area contributed by atoms with Crippen molar-refractivity contribution < 1.29 is 0 Å². The quantitative estimate of drug-likeness (QED) is 0.196. The van der Waals surface area contributed by atoms with Gasteiger partial charge >= 0.3 is 0 Å². The molecule has 2 heterocycles. The van der Waals surface area contributed by atoms with Crippen molar-refractivity contribution in [2.75, 3.05) is 0 Å². The van der Waals surface area contributed by atoms with E-state index in [-0.39, 0.29) is 0 Å². The summed E-state index contributed by atoms with van der Waals surface area (Å²) in [5, 5.41) is 5.03. The largest absolute Gasteiger partial charge is 0.255 e. The second-order valence-electron chi connectivity index (χ2n) is 11.0. The van der Waals surface area contributed by atoms with Crippen LogP contribution in [0.1, 0.15) is 0 Å². The highest BCUT2D eigenvalue weighted by molar-refractivity contribution is 6.21. The Labute approximate surface area is 257 Å². The SMILES string of the molecule is c1ccc(-c2c3ccccc3c(-c3ccccc3)c3cc(-c4cccc(-c5ccc(-c6ccccn6)nc5)c4)ccc23)cc1. The number of nitrogens with zero attached hydrogens (tertiary/aromatic N) is 2. The van der Waals surface area contributed by atoms with Gasteiger partial charge in [-0.3, -0.25) is 9.97 Å². The molecule has 0 spiro atoms. The summed E-state index contributed by atoms with van der Waals surface area (Å²) < 4.78 is 0. The summed E-state index contributed by atoms with van der Waals surface area (Å²) in [6.07, 6.45) is 3.74. The third-order valence-electron chi connectivity index (χ3n) is 8.37. The van der Waals surface area contributed by atoms with Crippen molar-refractivity contribution in [2.24, 2.45) is 0 Å². The number of hydrogen-bond donors (Lipinski definition) is 0. The third kappa shape index (κ3) is 4.63. The molecule has 0 radical (unpaired) electrons. The van der Waals surface area contributed by atoms with Gasteiger partial charge in [-0.2, -0.15) is 0 Å². The van der Waals surface area contributed by atoms with E-state index < -0.39 is 0 Å². The number of benzene rings is 6. The maximum absolute atomic E-state index is 4.72. The lowest BCUT2D eigenvalue weighted by atomic mass is 9.85. The van der Waals surface area contributed by atoms with Crippen LogP contribution in [0.2, 0.25) is 0 Å². The summed E-state index contributed by atoms with van der Waals surface area (Å²) in [5.74, 6) is 0. The van der Waals surface area contributed by atoms with E-state index in [1.54, 1.807) is 6.20 Å². The zero-order valence-electron chi connectivity index (χ0n) is 24.1. The summed E-state index contributed by atoms with van der Waals surface area (Å²) in [6, 6.07) is 56.1. The van der Waals surface area contributed by atoms with Crippen molar-refractivity contribution in [2.45, 2.75) is 0 Å². The summed E-state index contributed by atoms with van der Waals surface area (Å²) in [7, 11) is 0. The number of fused-ring (bicyclic) bond motifs is 2. The third-order valence-corrected chi connectivity index (χ3v) is 8.37. The van der Waals surface area contributed by atoms with Gasteiger partial charge in [0, 0.05) is 18.0 Å². The first-order chi connectivity index (χ1) is 21.8. The molecule has 2 heteroatoms. The van der Waals surface area contributed by atoms with Gasteiger partial charge in [-0.05, 0) is 90.8 Å². The first-order valence-electron chi connectivity index (χ1n) is 14.9. The van der Waals surface area contributed by atoms with Gasteiger partial charge in [-0.1, -0.05) is 127 Å². The van der Waals surface area contributed by atoms with Crippen LogP contribution in [0, 0.1) is 0 Å². The Morgan fingerprint density at radius 2 is 0.818 bits per heavy atom. The minimum atomic E-state index is 0.870. The molecule has 2 nitrogen and oxygen atoms in total. The van der Waals surface area contributed by atoms with Gasteiger partial charge in [-0.25, -0.2) is 0 Å². The van der Waals surface area contributed by atoms with Crippen LogP contribution >= 0.6 is 0 Å². The second-order valence-corrected chi connectivity index (χ2v) is 11.0. The Morgan fingerprint density at radius 3 is 1.45 bits per heavy atom. The van der Waals surface area contributed by atoms with Crippen molar-refractivity contribution in [3.05, 3.63) is 170 Å². The Hall–Kier alpha value is -5.86. The average molecular weight is 561 g/mol. The van der Waals surface area contributed by atoms with Crippen LogP contribution in [-0.2, 0) is 0 Å². The highest BCUT2D eigenvalue weighted by atomic mass is 14.8. The van der Waals surface area contributed by atoms with Gasteiger partial charge in [0.25, 0.3) is 0 Å². The van der Waals surface area contributed by atoms with Gasteiger partial charge in [0.05, 0.1) is 11.4 Å². The lowest BCUT2D eigenvalue weighted by Gasteiger charge is -2.19. The van der Waals surface area contributed by atoms with Crippen molar-refractivity contribution in [3.8, 4) is 55.9 Å². The lowest BCUT2D eigenvalue weighted by molar-refractivity contribution is 1.25. The van der Waals surface area contributed by atoms with Crippen molar-refractivity contribution >= 4 is 21.5 Å². The standard InChI is InChI=1S/C42H28N2/c1-3-12-29(13-4-1)41-35-18-7-8-19-36(35)42(30-14-5-2-6-15-30)38-27-33(21-23-37(38)41)31-16-11-17-32(26-31)34-22-24-40(44-28-34)39-20-9-10-25-43-39/h1-28H. The molecule has 0 aliphatic rings. The van der Waals surface area contributed by atoms with Crippen LogP contribution in [0.5, 0.6) is 0 Å². The second kappa shape index (κ2) is 11.1.